The summed E-state index contributed by atoms with van der Waals surface area (Å²) in [7, 11) is 0. The third-order valence-electron chi connectivity index (χ3n) is 3.95. The molecular formula is C15H26N4O2. The Balaban J connectivity index is 1.75. The Morgan fingerprint density at radius 2 is 2.29 bits per heavy atom. The number of carbonyl (C=O) groups excluding carboxylic acids is 1. The van der Waals surface area contributed by atoms with Gasteiger partial charge in [0.25, 0.3) is 0 Å². The van der Waals surface area contributed by atoms with Gasteiger partial charge in [0.1, 0.15) is 6.54 Å². The maximum atomic E-state index is 11.5. The molecule has 1 fully saturated rings. The molecule has 0 saturated heterocycles. The first-order chi connectivity index (χ1) is 10.2. The van der Waals surface area contributed by atoms with Crippen molar-refractivity contribution in [2.75, 3.05) is 18.5 Å². The molecule has 1 atom stereocenters. The van der Waals surface area contributed by atoms with Gasteiger partial charge < -0.3 is 15.7 Å². The normalized spacial score (nSPS) is 16.9. The minimum atomic E-state index is -0.141. The lowest BCUT2D eigenvalue weighted by Crippen LogP contribution is -2.30. The first-order valence-corrected chi connectivity index (χ1v) is 7.84. The summed E-state index contributed by atoms with van der Waals surface area (Å²) in [5.41, 5.74) is 0.954. The Bertz CT molecular complexity index is 441. The van der Waals surface area contributed by atoms with Gasteiger partial charge in [-0.05, 0) is 19.3 Å². The van der Waals surface area contributed by atoms with E-state index in [0.717, 1.165) is 11.6 Å². The van der Waals surface area contributed by atoms with Crippen molar-refractivity contribution in [3.63, 3.8) is 0 Å². The molecule has 1 saturated carbocycles. The van der Waals surface area contributed by atoms with E-state index in [4.69, 9.17) is 5.11 Å². The van der Waals surface area contributed by atoms with E-state index in [-0.39, 0.29) is 25.6 Å². The van der Waals surface area contributed by atoms with E-state index in [9.17, 15) is 4.79 Å². The summed E-state index contributed by atoms with van der Waals surface area (Å²) in [6.07, 6.45) is 10.3. The highest BCUT2D eigenvalue weighted by molar-refractivity contribution is 5.75. The van der Waals surface area contributed by atoms with Crippen molar-refractivity contribution in [2.24, 2.45) is 5.92 Å². The Kier molecular flexibility index (Phi) is 6.04. The van der Waals surface area contributed by atoms with Crippen LogP contribution >= 0.6 is 0 Å². The number of carbonyl (C=O) groups is 1. The Labute approximate surface area is 125 Å². The third-order valence-corrected chi connectivity index (χ3v) is 3.95. The zero-order valence-electron chi connectivity index (χ0n) is 12.7. The number of amides is 1. The van der Waals surface area contributed by atoms with Gasteiger partial charge in [0, 0.05) is 18.8 Å². The van der Waals surface area contributed by atoms with Gasteiger partial charge in [-0.25, -0.2) is 0 Å². The number of anilines is 1. The predicted molar refractivity (Wildman–Crippen MR) is 82.0 cm³/mol. The first kappa shape index (κ1) is 15.8. The summed E-state index contributed by atoms with van der Waals surface area (Å²) in [4.78, 5) is 11.5. The van der Waals surface area contributed by atoms with Crippen molar-refractivity contribution in [1.82, 2.24) is 15.1 Å². The highest BCUT2D eigenvalue weighted by Crippen LogP contribution is 2.29. The summed E-state index contributed by atoms with van der Waals surface area (Å²) in [5, 5.41) is 18.9. The van der Waals surface area contributed by atoms with E-state index in [0.29, 0.717) is 6.04 Å². The lowest BCUT2D eigenvalue weighted by molar-refractivity contribution is -0.122. The summed E-state index contributed by atoms with van der Waals surface area (Å²) in [6.45, 7) is 2.61. The van der Waals surface area contributed by atoms with E-state index in [1.165, 1.54) is 32.1 Å². The second-order valence-corrected chi connectivity index (χ2v) is 5.93. The lowest BCUT2D eigenvalue weighted by Gasteiger charge is -2.17. The third kappa shape index (κ3) is 5.38. The summed E-state index contributed by atoms with van der Waals surface area (Å²) in [6, 6.07) is 0.425. The highest BCUT2D eigenvalue weighted by atomic mass is 16.3. The van der Waals surface area contributed by atoms with E-state index in [2.05, 4.69) is 22.7 Å². The maximum Gasteiger partial charge on any atom is 0.241 e. The molecule has 6 nitrogen and oxygen atoms in total. The average molecular weight is 294 g/mol. The molecule has 1 unspecified atom stereocenters. The number of hydrogen-bond donors (Lipinski definition) is 3. The molecule has 1 aromatic heterocycles. The van der Waals surface area contributed by atoms with Crippen molar-refractivity contribution < 1.29 is 9.90 Å². The second-order valence-electron chi connectivity index (χ2n) is 5.93. The minimum Gasteiger partial charge on any atom is -0.395 e. The van der Waals surface area contributed by atoms with Crippen LogP contribution < -0.4 is 10.6 Å². The quantitative estimate of drug-likeness (QED) is 0.676. The molecule has 1 amide bonds. The van der Waals surface area contributed by atoms with Gasteiger partial charge in [0.05, 0.1) is 18.5 Å². The fraction of sp³-hybridized carbons (Fsp3) is 0.733. The standard InChI is InChI=1S/C15H26N4O2/c1-12(8-13-4-2-3-5-13)18-14-9-17-19(10-14)11-15(21)16-6-7-20/h9-10,12-13,18,20H,2-8,11H2,1H3,(H,16,21). The molecule has 0 radical (unpaired) electrons. The molecule has 2 rings (SSSR count). The Morgan fingerprint density at radius 3 is 3.00 bits per heavy atom. The minimum absolute atomic E-state index is 0.0453. The van der Waals surface area contributed by atoms with Gasteiger partial charge in [-0.1, -0.05) is 25.7 Å². The molecule has 6 heteroatoms. The van der Waals surface area contributed by atoms with Crippen molar-refractivity contribution >= 4 is 11.6 Å². The van der Waals surface area contributed by atoms with Crippen LogP contribution in [0.2, 0.25) is 0 Å². The van der Waals surface area contributed by atoms with Crippen molar-refractivity contribution in [3.05, 3.63) is 12.4 Å². The van der Waals surface area contributed by atoms with Crippen LogP contribution in [0.25, 0.3) is 0 Å². The molecule has 118 valence electrons. The Hall–Kier alpha value is -1.56. The van der Waals surface area contributed by atoms with Gasteiger partial charge in [0.2, 0.25) is 5.91 Å². The van der Waals surface area contributed by atoms with E-state index >= 15 is 0 Å². The number of rotatable bonds is 8. The molecular weight excluding hydrogens is 268 g/mol. The largest absolute Gasteiger partial charge is 0.395 e. The van der Waals surface area contributed by atoms with Crippen LogP contribution in [-0.4, -0.2) is 40.0 Å². The smallest absolute Gasteiger partial charge is 0.241 e. The zero-order valence-corrected chi connectivity index (χ0v) is 12.7. The number of aliphatic hydroxyl groups excluding tert-OH is 1. The fourth-order valence-electron chi connectivity index (χ4n) is 3.01. The molecule has 0 bridgehead atoms. The average Bonchev–Trinajstić information content (AvgIpc) is 3.08. The predicted octanol–water partition coefficient (Wildman–Crippen LogP) is 1.37. The summed E-state index contributed by atoms with van der Waals surface area (Å²) < 4.78 is 1.61. The molecule has 0 spiro atoms. The molecule has 3 N–H and O–H groups in total. The van der Waals surface area contributed by atoms with Crippen LogP contribution in [0.4, 0.5) is 5.69 Å². The zero-order chi connectivity index (χ0) is 15.1. The summed E-state index contributed by atoms with van der Waals surface area (Å²) >= 11 is 0. The Morgan fingerprint density at radius 1 is 1.52 bits per heavy atom. The number of nitrogens with zero attached hydrogens (tertiary/aromatic N) is 2. The highest BCUT2D eigenvalue weighted by Gasteiger charge is 2.18. The van der Waals surface area contributed by atoms with Crippen molar-refractivity contribution in [3.8, 4) is 0 Å². The molecule has 0 aliphatic heterocycles. The molecule has 21 heavy (non-hydrogen) atoms. The molecule has 1 heterocycles. The van der Waals surface area contributed by atoms with Crippen LogP contribution in [0.15, 0.2) is 12.4 Å². The first-order valence-electron chi connectivity index (χ1n) is 7.84. The molecule has 1 aliphatic carbocycles. The summed E-state index contributed by atoms with van der Waals surface area (Å²) in [5.74, 6) is 0.713. The van der Waals surface area contributed by atoms with Gasteiger partial charge in [0.15, 0.2) is 0 Å². The molecule has 0 aromatic carbocycles. The van der Waals surface area contributed by atoms with Gasteiger partial charge in [-0.3, -0.25) is 9.48 Å². The van der Waals surface area contributed by atoms with Crippen molar-refractivity contribution in [1.29, 1.82) is 0 Å². The van der Waals surface area contributed by atoms with Gasteiger partial charge >= 0.3 is 0 Å². The topological polar surface area (TPSA) is 79.2 Å². The van der Waals surface area contributed by atoms with Crippen LogP contribution in [0, 0.1) is 5.92 Å². The lowest BCUT2D eigenvalue weighted by atomic mass is 9.99. The van der Waals surface area contributed by atoms with E-state index in [1.807, 2.05) is 6.20 Å². The number of aliphatic hydroxyl groups is 1. The van der Waals surface area contributed by atoms with Gasteiger partial charge in [-0.2, -0.15) is 5.10 Å². The number of hydrogen-bond acceptors (Lipinski definition) is 4. The fourth-order valence-corrected chi connectivity index (χ4v) is 3.01. The van der Waals surface area contributed by atoms with E-state index in [1.54, 1.807) is 10.9 Å². The van der Waals surface area contributed by atoms with Crippen LogP contribution in [0.3, 0.4) is 0 Å². The molecule has 1 aromatic rings. The number of nitrogens with one attached hydrogen (secondary N) is 2. The van der Waals surface area contributed by atoms with Crippen molar-refractivity contribution in [2.45, 2.75) is 51.6 Å². The van der Waals surface area contributed by atoms with E-state index < -0.39 is 0 Å². The second kappa shape index (κ2) is 8.02. The molecule has 1 aliphatic rings. The number of aromatic nitrogens is 2. The maximum absolute atomic E-state index is 11.5. The SMILES string of the molecule is CC(CC1CCCC1)Nc1cnn(CC(=O)NCCO)c1. The van der Waals surface area contributed by atoms with Crippen LogP contribution in [0.1, 0.15) is 39.0 Å². The van der Waals surface area contributed by atoms with Crippen LogP contribution in [-0.2, 0) is 11.3 Å². The van der Waals surface area contributed by atoms with Gasteiger partial charge in [-0.15, -0.1) is 0 Å². The monoisotopic (exact) mass is 294 g/mol. The van der Waals surface area contributed by atoms with Crippen LogP contribution in [0.5, 0.6) is 0 Å².